The number of pyridine rings is 1. The van der Waals surface area contributed by atoms with E-state index in [9.17, 15) is 0 Å². The molecule has 0 fully saturated rings. The lowest BCUT2D eigenvalue weighted by molar-refractivity contribution is 1.28. The molecule has 2 rings (SSSR count). The van der Waals surface area contributed by atoms with Crippen molar-refractivity contribution in [3.63, 3.8) is 0 Å². The molecule has 3 nitrogen and oxygen atoms in total. The number of anilines is 3. The van der Waals surface area contributed by atoms with E-state index in [1.807, 2.05) is 30.5 Å². The Balaban J connectivity index is 2.31. The second kappa shape index (κ2) is 5.42. The summed E-state index contributed by atoms with van der Waals surface area (Å²) in [6.45, 7) is 0. The average Bonchev–Trinajstić information content (AvgIpc) is 2.33. The van der Waals surface area contributed by atoms with E-state index in [0.717, 1.165) is 15.1 Å². The molecule has 17 heavy (non-hydrogen) atoms. The highest BCUT2D eigenvalue weighted by atomic mass is 79.9. The van der Waals surface area contributed by atoms with E-state index in [-0.39, 0.29) is 0 Å². The van der Waals surface area contributed by atoms with Crippen LogP contribution in [0.1, 0.15) is 0 Å². The molecule has 1 aromatic heterocycles. The van der Waals surface area contributed by atoms with Gasteiger partial charge in [-0.1, -0.05) is 12.1 Å². The third kappa shape index (κ3) is 2.92. The molecule has 0 saturated heterocycles. The summed E-state index contributed by atoms with van der Waals surface area (Å²) in [5.41, 5.74) is 7.53. The smallest absolute Gasteiger partial charge is 0.153 e. The van der Waals surface area contributed by atoms with Crippen molar-refractivity contribution >= 4 is 44.9 Å². The number of nitrogens with one attached hydrogen (secondary N) is 1. The molecule has 0 radical (unpaired) electrons. The molecule has 0 aliphatic heterocycles. The van der Waals surface area contributed by atoms with Gasteiger partial charge in [0.2, 0.25) is 0 Å². The standard InChI is InChI=1S/C12H12BrN3S/c1-17-11-5-3-2-4-10(11)16-12-9(14)6-8(13)7-15-12/h2-7H,14H2,1H3,(H,15,16). The maximum Gasteiger partial charge on any atom is 0.153 e. The van der Waals surface area contributed by atoms with Gasteiger partial charge in [-0.2, -0.15) is 0 Å². The zero-order chi connectivity index (χ0) is 12.3. The van der Waals surface area contributed by atoms with Crippen LogP contribution < -0.4 is 11.1 Å². The lowest BCUT2D eigenvalue weighted by Crippen LogP contribution is -1.99. The van der Waals surface area contributed by atoms with Crippen molar-refractivity contribution in [3.05, 3.63) is 41.0 Å². The zero-order valence-corrected chi connectivity index (χ0v) is 11.7. The van der Waals surface area contributed by atoms with Crippen LogP contribution in [0.25, 0.3) is 0 Å². The van der Waals surface area contributed by atoms with Crippen molar-refractivity contribution < 1.29 is 0 Å². The van der Waals surface area contributed by atoms with Crippen LogP contribution in [0.2, 0.25) is 0 Å². The number of thioether (sulfide) groups is 1. The van der Waals surface area contributed by atoms with Gasteiger partial charge in [-0.15, -0.1) is 11.8 Å². The molecule has 5 heteroatoms. The van der Waals surface area contributed by atoms with Crippen LogP contribution >= 0.6 is 27.7 Å². The van der Waals surface area contributed by atoms with Crippen molar-refractivity contribution in [2.24, 2.45) is 0 Å². The predicted molar refractivity (Wildman–Crippen MR) is 77.9 cm³/mol. The first-order valence-electron chi connectivity index (χ1n) is 5.02. The molecule has 0 amide bonds. The van der Waals surface area contributed by atoms with E-state index in [1.54, 1.807) is 18.0 Å². The second-order valence-corrected chi connectivity index (χ2v) is 5.18. The molecule has 0 spiro atoms. The van der Waals surface area contributed by atoms with Gasteiger partial charge < -0.3 is 11.1 Å². The van der Waals surface area contributed by atoms with Gasteiger partial charge in [0.1, 0.15) is 0 Å². The van der Waals surface area contributed by atoms with Crippen molar-refractivity contribution in [1.82, 2.24) is 4.98 Å². The third-order valence-corrected chi connectivity index (χ3v) is 3.47. The average molecular weight is 310 g/mol. The molecule has 0 aliphatic rings. The minimum atomic E-state index is 0.621. The summed E-state index contributed by atoms with van der Waals surface area (Å²) in [6.07, 6.45) is 3.76. The van der Waals surface area contributed by atoms with Crippen LogP contribution in [0.5, 0.6) is 0 Å². The Morgan fingerprint density at radius 1 is 1.35 bits per heavy atom. The molecular weight excluding hydrogens is 298 g/mol. The summed E-state index contributed by atoms with van der Waals surface area (Å²) < 4.78 is 0.874. The summed E-state index contributed by atoms with van der Waals surface area (Å²) in [5, 5.41) is 3.24. The van der Waals surface area contributed by atoms with E-state index >= 15 is 0 Å². The summed E-state index contributed by atoms with van der Waals surface area (Å²) >= 11 is 5.02. The maximum absolute atomic E-state index is 5.90. The number of aromatic nitrogens is 1. The van der Waals surface area contributed by atoms with Gasteiger partial charge in [0.25, 0.3) is 0 Å². The fourth-order valence-electron chi connectivity index (χ4n) is 1.43. The van der Waals surface area contributed by atoms with E-state index < -0.39 is 0 Å². The zero-order valence-electron chi connectivity index (χ0n) is 9.27. The van der Waals surface area contributed by atoms with E-state index in [1.165, 1.54) is 0 Å². The lowest BCUT2D eigenvalue weighted by Gasteiger charge is -2.11. The molecule has 3 N–H and O–H groups in total. The number of hydrogen-bond donors (Lipinski definition) is 2. The Morgan fingerprint density at radius 3 is 2.82 bits per heavy atom. The Labute approximate surface area is 113 Å². The second-order valence-electron chi connectivity index (χ2n) is 3.42. The number of halogens is 1. The highest BCUT2D eigenvalue weighted by molar-refractivity contribution is 9.10. The van der Waals surface area contributed by atoms with Crippen molar-refractivity contribution in [2.75, 3.05) is 17.3 Å². The molecule has 88 valence electrons. The van der Waals surface area contributed by atoms with Gasteiger partial charge in [-0.05, 0) is 40.4 Å². The summed E-state index contributed by atoms with van der Waals surface area (Å²) in [7, 11) is 0. The van der Waals surface area contributed by atoms with Gasteiger partial charge in [-0.25, -0.2) is 4.98 Å². The van der Waals surface area contributed by atoms with Crippen LogP contribution in [0.3, 0.4) is 0 Å². The minimum absolute atomic E-state index is 0.621. The van der Waals surface area contributed by atoms with Gasteiger partial charge in [0.05, 0.1) is 11.4 Å². The number of nitrogens with two attached hydrogens (primary N) is 1. The number of nitrogen functional groups attached to an aromatic ring is 1. The first-order valence-corrected chi connectivity index (χ1v) is 7.03. The highest BCUT2D eigenvalue weighted by Crippen LogP contribution is 2.29. The van der Waals surface area contributed by atoms with E-state index in [0.29, 0.717) is 11.5 Å². The Bertz CT molecular complexity index is 531. The molecule has 0 aliphatic carbocycles. The van der Waals surface area contributed by atoms with Gasteiger partial charge >= 0.3 is 0 Å². The largest absolute Gasteiger partial charge is 0.396 e. The van der Waals surface area contributed by atoms with Crippen molar-refractivity contribution in [1.29, 1.82) is 0 Å². The van der Waals surface area contributed by atoms with Crippen molar-refractivity contribution in [3.8, 4) is 0 Å². The van der Waals surface area contributed by atoms with Crippen LogP contribution in [0.4, 0.5) is 17.2 Å². The predicted octanol–water partition coefficient (Wildman–Crippen LogP) is 3.89. The first-order chi connectivity index (χ1) is 8.20. The molecule has 1 aromatic carbocycles. The fourth-order valence-corrected chi connectivity index (χ4v) is 2.34. The normalized spacial score (nSPS) is 10.2. The highest BCUT2D eigenvalue weighted by Gasteiger charge is 2.05. The molecule has 0 atom stereocenters. The van der Waals surface area contributed by atoms with Gasteiger partial charge in [-0.3, -0.25) is 0 Å². The number of rotatable bonds is 3. The molecule has 0 unspecified atom stereocenters. The Morgan fingerprint density at radius 2 is 2.12 bits per heavy atom. The van der Waals surface area contributed by atoms with Crippen LogP contribution in [-0.2, 0) is 0 Å². The molecular formula is C12H12BrN3S. The molecule has 0 saturated carbocycles. The van der Waals surface area contributed by atoms with Crippen LogP contribution in [0.15, 0.2) is 45.9 Å². The number of hydrogen-bond acceptors (Lipinski definition) is 4. The molecule has 1 heterocycles. The Hall–Kier alpha value is -1.20. The summed E-state index contributed by atoms with van der Waals surface area (Å²) in [4.78, 5) is 5.42. The monoisotopic (exact) mass is 309 g/mol. The Kier molecular flexibility index (Phi) is 3.91. The molecule has 2 aromatic rings. The van der Waals surface area contributed by atoms with Gasteiger partial charge in [0.15, 0.2) is 5.82 Å². The molecule has 0 bridgehead atoms. The first kappa shape index (κ1) is 12.3. The van der Waals surface area contributed by atoms with Crippen molar-refractivity contribution in [2.45, 2.75) is 4.90 Å². The quantitative estimate of drug-likeness (QED) is 0.845. The van der Waals surface area contributed by atoms with E-state index in [2.05, 4.69) is 32.3 Å². The topological polar surface area (TPSA) is 50.9 Å². The van der Waals surface area contributed by atoms with Gasteiger partial charge in [0, 0.05) is 15.6 Å². The summed E-state index contributed by atoms with van der Waals surface area (Å²) in [6, 6.07) is 9.89. The minimum Gasteiger partial charge on any atom is -0.396 e. The van der Waals surface area contributed by atoms with Crippen LogP contribution in [-0.4, -0.2) is 11.2 Å². The summed E-state index contributed by atoms with van der Waals surface area (Å²) in [5.74, 6) is 0.676. The number of benzene rings is 1. The van der Waals surface area contributed by atoms with Crippen LogP contribution in [0, 0.1) is 0 Å². The maximum atomic E-state index is 5.90. The lowest BCUT2D eigenvalue weighted by atomic mass is 10.3. The van der Waals surface area contributed by atoms with E-state index in [4.69, 9.17) is 5.73 Å². The number of nitrogens with zero attached hydrogens (tertiary/aromatic N) is 1. The number of para-hydroxylation sites is 1. The SMILES string of the molecule is CSc1ccccc1Nc1ncc(Br)cc1N. The third-order valence-electron chi connectivity index (χ3n) is 2.24. The fraction of sp³-hybridized carbons (Fsp3) is 0.0833.